The van der Waals surface area contributed by atoms with Crippen LogP contribution in [-0.2, 0) is 16.4 Å². The van der Waals surface area contributed by atoms with Gasteiger partial charge in [0.15, 0.2) is 15.8 Å². The Kier molecular flexibility index (Phi) is 6.98. The molecule has 6 nitrogen and oxygen atoms in total. The molecular weight excluding hydrogens is 352 g/mol. The number of alkyl halides is 2. The van der Waals surface area contributed by atoms with E-state index in [0.29, 0.717) is 31.2 Å². The zero-order chi connectivity index (χ0) is 18.3. The SMILES string of the molecule is CCNC(=NCc1cccc(OCC(F)F)c1)NC1CCS(=O)(=O)C1. The van der Waals surface area contributed by atoms with E-state index in [1.807, 2.05) is 13.0 Å². The molecule has 140 valence electrons. The van der Waals surface area contributed by atoms with Crippen LogP contribution < -0.4 is 15.4 Å². The molecule has 0 aliphatic carbocycles. The van der Waals surface area contributed by atoms with Crippen LogP contribution >= 0.6 is 0 Å². The van der Waals surface area contributed by atoms with E-state index in [2.05, 4.69) is 15.6 Å². The molecule has 0 saturated carbocycles. The van der Waals surface area contributed by atoms with Crippen LogP contribution in [0.3, 0.4) is 0 Å². The Hall–Kier alpha value is -1.90. The standard InChI is InChI=1S/C16H23F2N3O3S/c1-2-19-16(21-13-6-7-25(22,23)11-13)20-9-12-4-3-5-14(8-12)24-10-15(17)18/h3-5,8,13,15H,2,6-7,9-11H2,1H3,(H2,19,20,21). The second-order valence-corrected chi connectivity index (χ2v) is 8.02. The number of aliphatic imine (C=N–C) groups is 1. The summed E-state index contributed by atoms with van der Waals surface area (Å²) in [4.78, 5) is 4.43. The maximum Gasteiger partial charge on any atom is 0.272 e. The predicted molar refractivity (Wildman–Crippen MR) is 93.0 cm³/mol. The molecule has 1 saturated heterocycles. The summed E-state index contributed by atoms with van der Waals surface area (Å²) in [6.07, 6.45) is -1.96. The maximum absolute atomic E-state index is 12.2. The van der Waals surface area contributed by atoms with Crippen molar-refractivity contribution >= 4 is 15.8 Å². The average molecular weight is 375 g/mol. The third-order valence-electron chi connectivity index (χ3n) is 3.61. The van der Waals surface area contributed by atoms with Gasteiger partial charge in [0.1, 0.15) is 12.4 Å². The Balaban J connectivity index is 1.97. The molecule has 1 heterocycles. The Bertz CT molecular complexity index is 696. The lowest BCUT2D eigenvalue weighted by Crippen LogP contribution is -2.44. The largest absolute Gasteiger partial charge is 0.488 e. The van der Waals surface area contributed by atoms with Crippen LogP contribution in [0, 0.1) is 0 Å². The molecule has 1 atom stereocenters. The van der Waals surface area contributed by atoms with E-state index in [0.717, 1.165) is 5.56 Å². The van der Waals surface area contributed by atoms with Crippen LogP contribution in [0.1, 0.15) is 18.9 Å². The first-order valence-electron chi connectivity index (χ1n) is 8.13. The smallest absolute Gasteiger partial charge is 0.272 e. The molecule has 2 rings (SSSR count). The number of sulfone groups is 1. The molecule has 1 fully saturated rings. The van der Waals surface area contributed by atoms with Crippen molar-refractivity contribution in [3.05, 3.63) is 29.8 Å². The number of rotatable bonds is 7. The van der Waals surface area contributed by atoms with Gasteiger partial charge in [-0.25, -0.2) is 22.2 Å². The highest BCUT2D eigenvalue weighted by molar-refractivity contribution is 7.91. The van der Waals surface area contributed by atoms with Gasteiger partial charge in [-0.3, -0.25) is 0 Å². The summed E-state index contributed by atoms with van der Waals surface area (Å²) >= 11 is 0. The number of nitrogens with zero attached hydrogens (tertiary/aromatic N) is 1. The molecule has 0 radical (unpaired) electrons. The maximum atomic E-state index is 12.2. The number of halogens is 2. The normalized spacial score (nSPS) is 19.8. The van der Waals surface area contributed by atoms with Gasteiger partial charge in [-0.05, 0) is 31.0 Å². The minimum atomic E-state index is -2.97. The molecule has 1 unspecified atom stereocenters. The molecule has 0 amide bonds. The first-order chi connectivity index (χ1) is 11.9. The van der Waals surface area contributed by atoms with Crippen molar-refractivity contribution in [2.75, 3.05) is 24.7 Å². The van der Waals surface area contributed by atoms with Gasteiger partial charge in [0.2, 0.25) is 0 Å². The average Bonchev–Trinajstić information content (AvgIpc) is 2.90. The van der Waals surface area contributed by atoms with Crippen molar-refractivity contribution in [3.8, 4) is 5.75 Å². The van der Waals surface area contributed by atoms with Crippen LogP contribution in [0.15, 0.2) is 29.3 Å². The summed E-state index contributed by atoms with van der Waals surface area (Å²) in [6, 6.07) is 6.67. The van der Waals surface area contributed by atoms with Crippen LogP contribution in [-0.4, -0.2) is 51.5 Å². The van der Waals surface area contributed by atoms with Gasteiger partial charge in [-0.1, -0.05) is 12.1 Å². The summed E-state index contributed by atoms with van der Waals surface area (Å²) in [5.74, 6) is 1.19. The summed E-state index contributed by atoms with van der Waals surface area (Å²) in [5, 5.41) is 6.20. The Labute approximate surface area is 146 Å². The van der Waals surface area contributed by atoms with E-state index in [4.69, 9.17) is 4.74 Å². The van der Waals surface area contributed by atoms with E-state index in [-0.39, 0.29) is 17.5 Å². The molecule has 0 spiro atoms. The van der Waals surface area contributed by atoms with Crippen LogP contribution in [0.4, 0.5) is 8.78 Å². The second kappa shape index (κ2) is 8.98. The molecule has 1 aliphatic rings. The van der Waals surface area contributed by atoms with Crippen LogP contribution in [0.2, 0.25) is 0 Å². The highest BCUT2D eigenvalue weighted by atomic mass is 32.2. The van der Waals surface area contributed by atoms with Crippen LogP contribution in [0.25, 0.3) is 0 Å². The van der Waals surface area contributed by atoms with E-state index < -0.39 is 22.9 Å². The Morgan fingerprint density at radius 3 is 2.88 bits per heavy atom. The lowest BCUT2D eigenvalue weighted by Gasteiger charge is -2.16. The fourth-order valence-corrected chi connectivity index (χ4v) is 4.16. The van der Waals surface area contributed by atoms with Crippen molar-refractivity contribution in [2.24, 2.45) is 4.99 Å². The fraction of sp³-hybridized carbons (Fsp3) is 0.562. The minimum absolute atomic E-state index is 0.106. The van der Waals surface area contributed by atoms with Gasteiger partial charge in [0.05, 0.1) is 18.1 Å². The van der Waals surface area contributed by atoms with E-state index in [1.54, 1.807) is 18.2 Å². The molecule has 1 aromatic carbocycles. The van der Waals surface area contributed by atoms with Crippen molar-refractivity contribution in [3.63, 3.8) is 0 Å². The zero-order valence-electron chi connectivity index (χ0n) is 14.0. The summed E-state index contributed by atoms with van der Waals surface area (Å²) in [7, 11) is -2.97. The van der Waals surface area contributed by atoms with Gasteiger partial charge in [0, 0.05) is 12.6 Å². The van der Waals surface area contributed by atoms with Crippen molar-refractivity contribution < 1.29 is 21.9 Å². The number of hydrogen-bond acceptors (Lipinski definition) is 4. The number of ether oxygens (including phenoxy) is 1. The number of nitrogens with one attached hydrogen (secondary N) is 2. The van der Waals surface area contributed by atoms with Crippen molar-refractivity contribution in [1.82, 2.24) is 10.6 Å². The number of benzene rings is 1. The summed E-state index contributed by atoms with van der Waals surface area (Å²) in [6.45, 7) is 2.23. The summed E-state index contributed by atoms with van der Waals surface area (Å²) in [5.41, 5.74) is 0.808. The molecular formula is C16H23F2N3O3S. The highest BCUT2D eigenvalue weighted by Gasteiger charge is 2.28. The molecule has 25 heavy (non-hydrogen) atoms. The number of hydrogen-bond donors (Lipinski definition) is 2. The van der Waals surface area contributed by atoms with Gasteiger partial charge >= 0.3 is 0 Å². The van der Waals surface area contributed by atoms with Gasteiger partial charge in [-0.2, -0.15) is 0 Å². The highest BCUT2D eigenvalue weighted by Crippen LogP contribution is 2.15. The van der Waals surface area contributed by atoms with Crippen LogP contribution in [0.5, 0.6) is 5.75 Å². The predicted octanol–water partition coefficient (Wildman–Crippen LogP) is 1.57. The Morgan fingerprint density at radius 1 is 1.44 bits per heavy atom. The first-order valence-corrected chi connectivity index (χ1v) is 9.95. The Morgan fingerprint density at radius 2 is 2.24 bits per heavy atom. The number of guanidine groups is 1. The van der Waals surface area contributed by atoms with Gasteiger partial charge in [-0.15, -0.1) is 0 Å². The quantitative estimate of drug-likeness (QED) is 0.559. The van der Waals surface area contributed by atoms with Gasteiger partial charge in [0.25, 0.3) is 6.43 Å². The summed E-state index contributed by atoms with van der Waals surface area (Å²) < 4.78 is 52.5. The van der Waals surface area contributed by atoms with E-state index >= 15 is 0 Å². The minimum Gasteiger partial charge on any atom is -0.488 e. The monoisotopic (exact) mass is 375 g/mol. The third-order valence-corrected chi connectivity index (χ3v) is 5.38. The molecule has 1 aliphatic heterocycles. The third kappa shape index (κ3) is 6.85. The molecule has 2 N–H and O–H groups in total. The molecule has 0 bridgehead atoms. The fourth-order valence-electron chi connectivity index (χ4n) is 2.49. The lowest BCUT2D eigenvalue weighted by atomic mass is 10.2. The van der Waals surface area contributed by atoms with Gasteiger partial charge < -0.3 is 15.4 Å². The molecule has 0 aromatic heterocycles. The second-order valence-electron chi connectivity index (χ2n) is 5.79. The zero-order valence-corrected chi connectivity index (χ0v) is 14.9. The first kappa shape index (κ1) is 19.4. The van der Waals surface area contributed by atoms with E-state index in [9.17, 15) is 17.2 Å². The lowest BCUT2D eigenvalue weighted by molar-refractivity contribution is 0.0818. The van der Waals surface area contributed by atoms with Crippen molar-refractivity contribution in [2.45, 2.75) is 32.4 Å². The molecule has 1 aromatic rings. The van der Waals surface area contributed by atoms with Crippen molar-refractivity contribution in [1.29, 1.82) is 0 Å². The van der Waals surface area contributed by atoms with E-state index in [1.165, 1.54) is 0 Å². The topological polar surface area (TPSA) is 79.8 Å². The molecule has 9 heteroatoms.